The fourth-order valence-electron chi connectivity index (χ4n) is 2.73. The standard InChI is InChI=1S/C20H17N3O4S/c1-23-16-9-13(7-8-17(16)27-20(23)25)21-18(24)10-14-12-28-19(22-14)11-26-15-5-3-2-4-6-15/h2-9,12H,10-11H2,1H3,(H,21,24). The summed E-state index contributed by atoms with van der Waals surface area (Å²) < 4.78 is 12.2. The minimum atomic E-state index is -0.439. The Hall–Kier alpha value is -3.39. The van der Waals surface area contributed by atoms with Crippen molar-refractivity contribution in [2.75, 3.05) is 5.32 Å². The van der Waals surface area contributed by atoms with E-state index in [0.717, 1.165) is 10.8 Å². The third kappa shape index (κ3) is 3.96. The first kappa shape index (κ1) is 18.0. The fourth-order valence-corrected chi connectivity index (χ4v) is 3.44. The topological polar surface area (TPSA) is 86.4 Å². The number of fused-ring (bicyclic) bond motifs is 1. The van der Waals surface area contributed by atoms with E-state index in [1.807, 2.05) is 35.7 Å². The molecular weight excluding hydrogens is 378 g/mol. The molecule has 142 valence electrons. The number of carbonyl (C=O) groups excluding carboxylic acids is 1. The Morgan fingerprint density at radius 1 is 1.25 bits per heavy atom. The van der Waals surface area contributed by atoms with Crippen molar-refractivity contribution in [2.45, 2.75) is 13.0 Å². The summed E-state index contributed by atoms with van der Waals surface area (Å²) in [6, 6.07) is 14.6. The number of nitrogens with zero attached hydrogens (tertiary/aromatic N) is 2. The van der Waals surface area contributed by atoms with Crippen molar-refractivity contribution < 1.29 is 13.9 Å². The Kier molecular flexibility index (Phi) is 4.94. The van der Waals surface area contributed by atoms with E-state index in [9.17, 15) is 9.59 Å². The van der Waals surface area contributed by atoms with Crippen molar-refractivity contribution in [1.82, 2.24) is 9.55 Å². The van der Waals surface area contributed by atoms with Gasteiger partial charge in [0.1, 0.15) is 17.4 Å². The first-order valence-corrected chi connectivity index (χ1v) is 9.47. The highest BCUT2D eigenvalue weighted by Gasteiger charge is 2.11. The monoisotopic (exact) mass is 395 g/mol. The molecule has 0 saturated carbocycles. The number of oxazole rings is 1. The lowest BCUT2D eigenvalue weighted by Gasteiger charge is -2.04. The summed E-state index contributed by atoms with van der Waals surface area (Å²) in [5, 5.41) is 5.48. The van der Waals surface area contributed by atoms with Crippen LogP contribution in [-0.4, -0.2) is 15.5 Å². The van der Waals surface area contributed by atoms with Gasteiger partial charge in [0.25, 0.3) is 0 Å². The molecule has 8 heteroatoms. The first-order valence-electron chi connectivity index (χ1n) is 8.59. The normalized spacial score (nSPS) is 10.9. The molecule has 1 amide bonds. The molecule has 0 aliphatic heterocycles. The second-order valence-corrected chi connectivity index (χ2v) is 7.11. The van der Waals surface area contributed by atoms with Gasteiger partial charge < -0.3 is 14.5 Å². The summed E-state index contributed by atoms with van der Waals surface area (Å²) in [6.45, 7) is 0.363. The molecule has 0 fully saturated rings. The lowest BCUT2D eigenvalue weighted by molar-refractivity contribution is -0.115. The van der Waals surface area contributed by atoms with Gasteiger partial charge in [-0.1, -0.05) is 18.2 Å². The number of rotatable bonds is 6. The molecule has 28 heavy (non-hydrogen) atoms. The van der Waals surface area contributed by atoms with Crippen LogP contribution >= 0.6 is 11.3 Å². The first-order chi connectivity index (χ1) is 13.6. The van der Waals surface area contributed by atoms with Crippen molar-refractivity contribution in [2.24, 2.45) is 7.05 Å². The van der Waals surface area contributed by atoms with E-state index in [0.29, 0.717) is 29.1 Å². The molecular formula is C20H17N3O4S. The molecule has 0 radical (unpaired) electrons. The number of hydrogen-bond donors (Lipinski definition) is 1. The second-order valence-electron chi connectivity index (χ2n) is 6.17. The van der Waals surface area contributed by atoms with Gasteiger partial charge in [-0.05, 0) is 30.3 Å². The van der Waals surface area contributed by atoms with Crippen LogP contribution in [0.1, 0.15) is 10.7 Å². The number of carbonyl (C=O) groups is 1. The maximum Gasteiger partial charge on any atom is 0.419 e. The van der Waals surface area contributed by atoms with Gasteiger partial charge in [-0.15, -0.1) is 11.3 Å². The third-order valence-electron chi connectivity index (χ3n) is 4.12. The lowest BCUT2D eigenvalue weighted by Crippen LogP contribution is -2.15. The minimum Gasteiger partial charge on any atom is -0.486 e. The predicted molar refractivity (Wildman–Crippen MR) is 107 cm³/mol. The number of hydrogen-bond acceptors (Lipinski definition) is 6. The Morgan fingerprint density at radius 3 is 2.89 bits per heavy atom. The summed E-state index contributed by atoms with van der Waals surface area (Å²) in [6.07, 6.45) is 0.157. The Morgan fingerprint density at radius 2 is 2.07 bits per heavy atom. The molecule has 0 aliphatic rings. The van der Waals surface area contributed by atoms with Crippen LogP contribution in [0, 0.1) is 0 Å². The largest absolute Gasteiger partial charge is 0.486 e. The average molecular weight is 395 g/mol. The highest BCUT2D eigenvalue weighted by molar-refractivity contribution is 7.09. The van der Waals surface area contributed by atoms with Gasteiger partial charge in [-0.25, -0.2) is 9.78 Å². The summed E-state index contributed by atoms with van der Waals surface area (Å²) in [5.41, 5.74) is 2.38. The van der Waals surface area contributed by atoms with E-state index in [4.69, 9.17) is 9.15 Å². The van der Waals surface area contributed by atoms with Crippen LogP contribution in [0.2, 0.25) is 0 Å². The summed E-state index contributed by atoms with van der Waals surface area (Å²) in [7, 11) is 1.62. The number of aromatic nitrogens is 2. The summed E-state index contributed by atoms with van der Waals surface area (Å²) >= 11 is 1.46. The number of para-hydroxylation sites is 1. The van der Waals surface area contributed by atoms with E-state index in [1.54, 1.807) is 25.2 Å². The van der Waals surface area contributed by atoms with Gasteiger partial charge in [-0.3, -0.25) is 9.36 Å². The van der Waals surface area contributed by atoms with E-state index < -0.39 is 5.76 Å². The van der Waals surface area contributed by atoms with Crippen LogP contribution in [0.4, 0.5) is 5.69 Å². The number of nitrogens with one attached hydrogen (secondary N) is 1. The Balaban J connectivity index is 1.37. The van der Waals surface area contributed by atoms with Crippen molar-refractivity contribution in [3.05, 3.63) is 75.2 Å². The Labute approximate surface area is 164 Å². The molecule has 0 spiro atoms. The van der Waals surface area contributed by atoms with Crippen LogP contribution in [-0.2, 0) is 24.9 Å². The van der Waals surface area contributed by atoms with Gasteiger partial charge in [0.15, 0.2) is 5.58 Å². The van der Waals surface area contributed by atoms with E-state index in [1.165, 1.54) is 15.9 Å². The molecule has 2 aromatic carbocycles. The molecule has 0 unspecified atom stereocenters. The molecule has 4 aromatic rings. The molecule has 0 bridgehead atoms. The van der Waals surface area contributed by atoms with Crippen LogP contribution < -0.4 is 15.8 Å². The average Bonchev–Trinajstić information content (AvgIpc) is 3.25. The zero-order valence-electron chi connectivity index (χ0n) is 15.0. The van der Waals surface area contributed by atoms with Crippen LogP contribution in [0.3, 0.4) is 0 Å². The number of benzene rings is 2. The van der Waals surface area contributed by atoms with Crippen molar-refractivity contribution in [3.63, 3.8) is 0 Å². The number of ether oxygens (including phenoxy) is 1. The van der Waals surface area contributed by atoms with Crippen molar-refractivity contribution >= 4 is 34.0 Å². The van der Waals surface area contributed by atoms with Crippen LogP contribution in [0.15, 0.2) is 63.1 Å². The summed E-state index contributed by atoms with van der Waals surface area (Å²) in [5.74, 6) is 0.154. The molecule has 0 atom stereocenters. The molecule has 4 rings (SSSR count). The van der Waals surface area contributed by atoms with E-state index in [-0.39, 0.29) is 12.3 Å². The van der Waals surface area contributed by atoms with Gasteiger partial charge >= 0.3 is 5.76 Å². The second kappa shape index (κ2) is 7.69. The van der Waals surface area contributed by atoms with Crippen LogP contribution in [0.5, 0.6) is 5.75 Å². The molecule has 1 N–H and O–H groups in total. The maximum absolute atomic E-state index is 12.3. The SMILES string of the molecule is Cn1c(=O)oc2ccc(NC(=O)Cc3csc(COc4ccccc4)n3)cc21. The van der Waals surface area contributed by atoms with Gasteiger partial charge in [0.2, 0.25) is 5.91 Å². The maximum atomic E-state index is 12.3. The van der Waals surface area contributed by atoms with Crippen molar-refractivity contribution in [3.8, 4) is 5.75 Å². The number of anilines is 1. The molecule has 0 aliphatic carbocycles. The van der Waals surface area contributed by atoms with Crippen LogP contribution in [0.25, 0.3) is 11.1 Å². The van der Waals surface area contributed by atoms with E-state index >= 15 is 0 Å². The lowest BCUT2D eigenvalue weighted by atomic mass is 10.2. The molecule has 7 nitrogen and oxygen atoms in total. The zero-order valence-corrected chi connectivity index (χ0v) is 15.9. The Bertz CT molecular complexity index is 1180. The molecule has 2 aromatic heterocycles. The van der Waals surface area contributed by atoms with Crippen molar-refractivity contribution in [1.29, 1.82) is 0 Å². The highest BCUT2D eigenvalue weighted by atomic mass is 32.1. The smallest absolute Gasteiger partial charge is 0.419 e. The molecule has 0 saturated heterocycles. The number of amides is 1. The van der Waals surface area contributed by atoms with Gasteiger partial charge in [0, 0.05) is 18.1 Å². The minimum absolute atomic E-state index is 0.157. The van der Waals surface area contributed by atoms with Gasteiger partial charge in [-0.2, -0.15) is 0 Å². The number of aryl methyl sites for hydroxylation is 1. The highest BCUT2D eigenvalue weighted by Crippen LogP contribution is 2.19. The fraction of sp³-hybridized carbons (Fsp3) is 0.150. The van der Waals surface area contributed by atoms with E-state index in [2.05, 4.69) is 10.3 Å². The molecule has 2 heterocycles. The zero-order chi connectivity index (χ0) is 19.5. The van der Waals surface area contributed by atoms with Gasteiger partial charge in [0.05, 0.1) is 17.6 Å². The quantitative estimate of drug-likeness (QED) is 0.541. The number of thiazole rings is 1. The predicted octanol–water partition coefficient (Wildman–Crippen LogP) is 3.35. The summed E-state index contributed by atoms with van der Waals surface area (Å²) in [4.78, 5) is 28.3. The third-order valence-corrected chi connectivity index (χ3v) is 4.99.